The molecule has 1 amide bonds. The molecular formula is C18H29ClN4O3. The van der Waals surface area contributed by atoms with Crippen molar-refractivity contribution < 1.29 is 14.3 Å². The van der Waals surface area contributed by atoms with Gasteiger partial charge in [-0.15, -0.1) is 12.4 Å². The molecule has 0 saturated heterocycles. The lowest BCUT2D eigenvalue weighted by atomic mass is 9.85. The highest BCUT2D eigenvalue weighted by atomic mass is 35.5. The van der Waals surface area contributed by atoms with E-state index in [0.717, 1.165) is 37.1 Å². The highest BCUT2D eigenvalue weighted by Gasteiger charge is 2.30. The third-order valence-electron chi connectivity index (χ3n) is 5.42. The van der Waals surface area contributed by atoms with Gasteiger partial charge in [-0.05, 0) is 12.3 Å². The number of ether oxygens (including phenoxy) is 1. The number of carbonyl (C=O) groups is 2. The molecular weight excluding hydrogens is 356 g/mol. The van der Waals surface area contributed by atoms with Crippen LogP contribution in [0, 0.1) is 5.92 Å². The van der Waals surface area contributed by atoms with Crippen LogP contribution in [-0.2, 0) is 29.5 Å². The monoisotopic (exact) mass is 384 g/mol. The van der Waals surface area contributed by atoms with Gasteiger partial charge in [-0.3, -0.25) is 9.48 Å². The number of hydrogen-bond donors (Lipinski definition) is 2. The topological polar surface area (TPSA) is 85.2 Å². The molecule has 2 aliphatic rings. The van der Waals surface area contributed by atoms with Gasteiger partial charge < -0.3 is 15.4 Å². The van der Waals surface area contributed by atoms with Crippen molar-refractivity contribution in [2.24, 2.45) is 13.0 Å². The number of nitrogens with zero attached hydrogens (tertiary/aromatic N) is 2. The van der Waals surface area contributed by atoms with Crippen LogP contribution >= 0.6 is 12.4 Å². The summed E-state index contributed by atoms with van der Waals surface area (Å²) in [4.78, 5) is 25.0. The van der Waals surface area contributed by atoms with E-state index in [1.54, 1.807) is 4.68 Å². The molecule has 0 aromatic carbocycles. The van der Waals surface area contributed by atoms with Gasteiger partial charge in [0.15, 0.2) is 5.69 Å². The Hall–Kier alpha value is -1.60. The second kappa shape index (κ2) is 9.37. The van der Waals surface area contributed by atoms with Crippen LogP contribution in [-0.4, -0.2) is 41.4 Å². The summed E-state index contributed by atoms with van der Waals surface area (Å²) in [6.45, 7) is 1.53. The number of amides is 1. The predicted octanol–water partition coefficient (Wildman–Crippen LogP) is 1.73. The molecule has 0 bridgehead atoms. The van der Waals surface area contributed by atoms with Crippen molar-refractivity contribution in [1.82, 2.24) is 20.4 Å². The molecule has 26 heavy (non-hydrogen) atoms. The highest BCUT2D eigenvalue weighted by Crippen LogP contribution is 2.28. The fraction of sp³-hybridized carbons (Fsp3) is 0.722. The number of aromatic nitrogens is 2. The zero-order valence-electron chi connectivity index (χ0n) is 15.5. The van der Waals surface area contributed by atoms with Crippen molar-refractivity contribution in [3.8, 4) is 0 Å². The summed E-state index contributed by atoms with van der Waals surface area (Å²) in [7, 11) is 3.23. The zero-order valence-corrected chi connectivity index (χ0v) is 16.4. The first-order valence-corrected chi connectivity index (χ1v) is 9.24. The fourth-order valence-electron chi connectivity index (χ4n) is 4.04. The fourth-order valence-corrected chi connectivity index (χ4v) is 4.04. The quantitative estimate of drug-likeness (QED) is 0.755. The van der Waals surface area contributed by atoms with Crippen molar-refractivity contribution >= 4 is 24.3 Å². The molecule has 2 heterocycles. The van der Waals surface area contributed by atoms with Crippen LogP contribution in [0.15, 0.2) is 0 Å². The predicted molar refractivity (Wildman–Crippen MR) is 100 cm³/mol. The van der Waals surface area contributed by atoms with Gasteiger partial charge in [0, 0.05) is 37.8 Å². The summed E-state index contributed by atoms with van der Waals surface area (Å²) in [5, 5.41) is 10.5. The van der Waals surface area contributed by atoms with E-state index in [-0.39, 0.29) is 24.3 Å². The number of aryl methyl sites for hydroxylation is 1. The molecule has 1 aliphatic carbocycles. The van der Waals surface area contributed by atoms with E-state index in [0.29, 0.717) is 24.6 Å². The van der Waals surface area contributed by atoms with Crippen LogP contribution in [0.1, 0.15) is 60.3 Å². The lowest BCUT2D eigenvalue weighted by molar-refractivity contribution is -0.143. The molecule has 0 spiro atoms. The summed E-state index contributed by atoms with van der Waals surface area (Å²) in [5.41, 5.74) is 2.44. The van der Waals surface area contributed by atoms with Crippen molar-refractivity contribution in [3.05, 3.63) is 17.0 Å². The summed E-state index contributed by atoms with van der Waals surface area (Å²) in [6, 6.07) is -0.602. The normalized spacial score (nSPS) is 18.4. The largest absolute Gasteiger partial charge is 0.467 e. The van der Waals surface area contributed by atoms with Crippen molar-refractivity contribution in [3.63, 3.8) is 0 Å². The Morgan fingerprint density at radius 2 is 2.08 bits per heavy atom. The van der Waals surface area contributed by atoms with E-state index >= 15 is 0 Å². The van der Waals surface area contributed by atoms with Crippen LogP contribution in [0.4, 0.5) is 0 Å². The highest BCUT2D eigenvalue weighted by molar-refractivity contribution is 5.96. The van der Waals surface area contributed by atoms with E-state index in [1.165, 1.54) is 26.4 Å². The van der Waals surface area contributed by atoms with Crippen LogP contribution in [0.2, 0.25) is 0 Å². The van der Waals surface area contributed by atoms with Gasteiger partial charge in [0.05, 0.1) is 7.11 Å². The number of hydrogen-bond acceptors (Lipinski definition) is 5. The summed E-state index contributed by atoms with van der Waals surface area (Å²) in [5.74, 6) is -0.189. The minimum Gasteiger partial charge on any atom is -0.467 e. The van der Waals surface area contributed by atoms with Crippen molar-refractivity contribution in [1.29, 1.82) is 0 Å². The van der Waals surface area contributed by atoms with Gasteiger partial charge in [-0.25, -0.2) is 4.79 Å². The maximum atomic E-state index is 12.8. The van der Waals surface area contributed by atoms with Gasteiger partial charge >= 0.3 is 5.97 Å². The Morgan fingerprint density at radius 3 is 2.77 bits per heavy atom. The Labute approximate surface area is 160 Å². The molecule has 3 rings (SSSR count). The minimum absolute atomic E-state index is 0. The second-order valence-corrected chi connectivity index (χ2v) is 7.11. The molecule has 7 nitrogen and oxygen atoms in total. The van der Waals surface area contributed by atoms with Crippen LogP contribution in [0.3, 0.4) is 0 Å². The van der Waals surface area contributed by atoms with E-state index in [4.69, 9.17) is 4.74 Å². The number of esters is 1. The molecule has 8 heteroatoms. The molecule has 1 fully saturated rings. The molecule has 0 unspecified atom stereocenters. The number of fused-ring (bicyclic) bond motifs is 1. The van der Waals surface area contributed by atoms with Gasteiger partial charge in [0.25, 0.3) is 5.91 Å². The van der Waals surface area contributed by atoms with E-state index < -0.39 is 6.04 Å². The first kappa shape index (κ1) is 20.7. The number of carbonyl (C=O) groups excluding carboxylic acids is 2. The Kier molecular flexibility index (Phi) is 7.46. The van der Waals surface area contributed by atoms with Gasteiger partial charge in [0.1, 0.15) is 6.04 Å². The van der Waals surface area contributed by atoms with Gasteiger partial charge in [-0.2, -0.15) is 5.10 Å². The Balaban J connectivity index is 0.00000243. The molecule has 1 aromatic heterocycles. The summed E-state index contributed by atoms with van der Waals surface area (Å²) >= 11 is 0. The van der Waals surface area contributed by atoms with Gasteiger partial charge in [-0.1, -0.05) is 32.1 Å². The Morgan fingerprint density at radius 1 is 1.35 bits per heavy atom. The minimum atomic E-state index is -0.602. The SMILES string of the molecule is COC(=O)[C@H](CC1CCCCC1)NC(=O)c1nn(C)c2c1CNCC2.Cl. The van der Waals surface area contributed by atoms with Gasteiger partial charge in [0.2, 0.25) is 0 Å². The molecule has 146 valence electrons. The zero-order chi connectivity index (χ0) is 17.8. The van der Waals surface area contributed by atoms with E-state index in [1.807, 2.05) is 7.05 Å². The second-order valence-electron chi connectivity index (χ2n) is 7.11. The third-order valence-corrected chi connectivity index (χ3v) is 5.42. The molecule has 1 aliphatic heterocycles. The maximum Gasteiger partial charge on any atom is 0.328 e. The van der Waals surface area contributed by atoms with Crippen LogP contribution in [0.25, 0.3) is 0 Å². The molecule has 1 atom stereocenters. The smallest absolute Gasteiger partial charge is 0.328 e. The number of methoxy groups -OCH3 is 1. The van der Waals surface area contributed by atoms with Crippen LogP contribution < -0.4 is 10.6 Å². The van der Waals surface area contributed by atoms with Crippen molar-refractivity contribution in [2.75, 3.05) is 13.7 Å². The Bertz CT molecular complexity index is 641. The average molecular weight is 385 g/mol. The van der Waals surface area contributed by atoms with E-state index in [2.05, 4.69) is 15.7 Å². The third kappa shape index (κ3) is 4.57. The summed E-state index contributed by atoms with van der Waals surface area (Å²) in [6.07, 6.45) is 7.40. The first-order chi connectivity index (χ1) is 12.1. The number of halogens is 1. The number of nitrogens with one attached hydrogen (secondary N) is 2. The molecule has 2 N–H and O–H groups in total. The lowest BCUT2D eigenvalue weighted by Crippen LogP contribution is -2.43. The maximum absolute atomic E-state index is 12.8. The first-order valence-electron chi connectivity index (χ1n) is 9.24. The number of rotatable bonds is 5. The average Bonchev–Trinajstić information content (AvgIpc) is 2.98. The van der Waals surface area contributed by atoms with Crippen molar-refractivity contribution in [2.45, 2.75) is 57.5 Å². The molecule has 1 saturated carbocycles. The van der Waals surface area contributed by atoms with E-state index in [9.17, 15) is 9.59 Å². The standard InChI is InChI=1S/C18H28N4O3.ClH/c1-22-15-8-9-19-11-13(15)16(21-22)17(23)20-14(18(24)25-2)10-12-6-4-3-5-7-12;/h12,14,19H,3-11H2,1-2H3,(H,20,23);1H/t14-;/m0./s1. The lowest BCUT2D eigenvalue weighted by Gasteiger charge is -2.25. The molecule has 0 radical (unpaired) electrons. The summed E-state index contributed by atoms with van der Waals surface area (Å²) < 4.78 is 6.69. The van der Waals surface area contributed by atoms with Crippen LogP contribution in [0.5, 0.6) is 0 Å². The molecule has 1 aromatic rings.